The molecule has 0 spiro atoms. The molecule has 5 heteroatoms. The van der Waals surface area contributed by atoms with Gasteiger partial charge in [0.05, 0.1) is 12.7 Å². The van der Waals surface area contributed by atoms with Gasteiger partial charge in [-0.05, 0) is 26.2 Å². The number of carbonyl (C=O) groups excluding carboxylic acids is 1. The molecule has 92 valence electrons. The Labute approximate surface area is 96.1 Å². The number of ether oxygens (including phenoxy) is 1. The van der Waals surface area contributed by atoms with E-state index < -0.39 is 0 Å². The van der Waals surface area contributed by atoms with E-state index in [0.717, 1.165) is 19.4 Å². The third-order valence-electron chi connectivity index (χ3n) is 3.56. The van der Waals surface area contributed by atoms with Crippen molar-refractivity contribution >= 4 is 5.91 Å². The van der Waals surface area contributed by atoms with Gasteiger partial charge in [0.15, 0.2) is 0 Å². The zero-order valence-electron chi connectivity index (χ0n) is 9.79. The van der Waals surface area contributed by atoms with Crippen LogP contribution >= 0.6 is 0 Å². The molecule has 1 aliphatic carbocycles. The molecule has 2 fully saturated rings. The quantitative estimate of drug-likeness (QED) is 0.599. The highest BCUT2D eigenvalue weighted by Crippen LogP contribution is 2.28. The molecule has 0 radical (unpaired) electrons. The maximum Gasteiger partial charge on any atom is 0.239 e. The summed E-state index contributed by atoms with van der Waals surface area (Å²) in [6.07, 6.45) is 3.13. The van der Waals surface area contributed by atoms with Gasteiger partial charge < -0.3 is 21.1 Å². The van der Waals surface area contributed by atoms with Gasteiger partial charge in [-0.2, -0.15) is 0 Å². The van der Waals surface area contributed by atoms with E-state index in [4.69, 9.17) is 10.5 Å². The average molecular weight is 227 g/mol. The Morgan fingerprint density at radius 3 is 2.94 bits per heavy atom. The van der Waals surface area contributed by atoms with Crippen molar-refractivity contribution in [1.82, 2.24) is 10.6 Å². The molecule has 16 heavy (non-hydrogen) atoms. The van der Waals surface area contributed by atoms with Gasteiger partial charge in [-0.1, -0.05) is 0 Å². The molecular weight excluding hydrogens is 206 g/mol. The highest BCUT2D eigenvalue weighted by Gasteiger charge is 2.34. The molecular formula is C11H21N3O2. The van der Waals surface area contributed by atoms with E-state index in [9.17, 15) is 4.79 Å². The summed E-state index contributed by atoms with van der Waals surface area (Å²) < 4.78 is 5.43. The van der Waals surface area contributed by atoms with Crippen molar-refractivity contribution in [2.45, 2.75) is 43.9 Å². The van der Waals surface area contributed by atoms with Crippen LogP contribution in [0.15, 0.2) is 0 Å². The van der Waals surface area contributed by atoms with Gasteiger partial charge in [0.2, 0.25) is 5.91 Å². The molecule has 0 aromatic rings. The van der Waals surface area contributed by atoms with Gasteiger partial charge in [-0.25, -0.2) is 0 Å². The topological polar surface area (TPSA) is 76.4 Å². The summed E-state index contributed by atoms with van der Waals surface area (Å²) >= 11 is 0. The first-order valence-electron chi connectivity index (χ1n) is 6.02. The van der Waals surface area contributed by atoms with Gasteiger partial charge in [0.1, 0.15) is 6.04 Å². The monoisotopic (exact) mass is 227 g/mol. The molecule has 5 nitrogen and oxygen atoms in total. The molecule has 1 saturated heterocycles. The number of hydrogen-bond acceptors (Lipinski definition) is 4. The van der Waals surface area contributed by atoms with Crippen molar-refractivity contribution in [2.24, 2.45) is 5.73 Å². The highest BCUT2D eigenvalue weighted by atomic mass is 16.5. The lowest BCUT2D eigenvalue weighted by Gasteiger charge is -2.39. The number of amides is 1. The van der Waals surface area contributed by atoms with Crippen molar-refractivity contribution in [3.63, 3.8) is 0 Å². The molecule has 4 N–H and O–H groups in total. The summed E-state index contributed by atoms with van der Waals surface area (Å²) in [5, 5.41) is 6.08. The molecule has 1 amide bonds. The number of nitrogens with one attached hydrogen (secondary N) is 2. The molecule has 0 bridgehead atoms. The summed E-state index contributed by atoms with van der Waals surface area (Å²) in [4.78, 5) is 11.9. The van der Waals surface area contributed by atoms with Gasteiger partial charge in [0.25, 0.3) is 0 Å². The number of nitrogens with two attached hydrogens (primary N) is 1. The van der Waals surface area contributed by atoms with Crippen LogP contribution in [0.1, 0.15) is 26.2 Å². The summed E-state index contributed by atoms with van der Waals surface area (Å²) in [7, 11) is 0. The van der Waals surface area contributed by atoms with Gasteiger partial charge >= 0.3 is 0 Å². The Morgan fingerprint density at radius 1 is 1.62 bits per heavy atom. The first-order valence-corrected chi connectivity index (χ1v) is 6.02. The molecule has 0 aromatic heterocycles. The van der Waals surface area contributed by atoms with Crippen LogP contribution in [0.2, 0.25) is 0 Å². The molecule has 1 aliphatic heterocycles. The summed E-state index contributed by atoms with van der Waals surface area (Å²) in [6.45, 7) is 3.90. The SMILES string of the molecule is C[C@H]1OCCN[C@@H]1C(=O)NCC1(N)CCC1. The molecule has 0 unspecified atom stereocenters. The van der Waals surface area contributed by atoms with Crippen molar-refractivity contribution in [1.29, 1.82) is 0 Å². The van der Waals surface area contributed by atoms with Gasteiger partial charge in [-0.15, -0.1) is 0 Å². The Balaban J connectivity index is 1.78. The first kappa shape index (κ1) is 11.8. The minimum Gasteiger partial charge on any atom is -0.375 e. The van der Waals surface area contributed by atoms with Crippen LogP contribution in [-0.4, -0.2) is 43.3 Å². The van der Waals surface area contributed by atoms with E-state index >= 15 is 0 Å². The molecule has 2 atom stereocenters. The lowest BCUT2D eigenvalue weighted by molar-refractivity contribution is -0.129. The average Bonchev–Trinajstić information content (AvgIpc) is 2.24. The van der Waals surface area contributed by atoms with Crippen molar-refractivity contribution < 1.29 is 9.53 Å². The van der Waals surface area contributed by atoms with E-state index in [-0.39, 0.29) is 23.6 Å². The summed E-state index contributed by atoms with van der Waals surface area (Å²) in [5.74, 6) is 0.00363. The standard InChI is InChI=1S/C11H21N3O2/c1-8-9(13-5-6-16-8)10(15)14-7-11(12)3-2-4-11/h8-9,13H,2-7,12H2,1H3,(H,14,15)/t8-,9+/m1/s1. The molecule has 1 heterocycles. The normalized spacial score (nSPS) is 32.9. The largest absolute Gasteiger partial charge is 0.375 e. The predicted octanol–water partition coefficient (Wildman–Crippen LogP) is -0.639. The van der Waals surface area contributed by atoms with Crippen molar-refractivity contribution in [3.05, 3.63) is 0 Å². The summed E-state index contributed by atoms with van der Waals surface area (Å²) in [6, 6.07) is -0.238. The van der Waals surface area contributed by atoms with E-state index in [1.165, 1.54) is 6.42 Å². The lowest BCUT2D eigenvalue weighted by atomic mass is 9.78. The predicted molar refractivity (Wildman–Crippen MR) is 61.0 cm³/mol. The van der Waals surface area contributed by atoms with Crippen LogP contribution < -0.4 is 16.4 Å². The highest BCUT2D eigenvalue weighted by molar-refractivity contribution is 5.82. The molecule has 1 saturated carbocycles. The number of rotatable bonds is 3. The molecule has 2 aliphatic rings. The van der Waals surface area contributed by atoms with Crippen LogP contribution in [0.5, 0.6) is 0 Å². The minimum atomic E-state index is -0.238. The van der Waals surface area contributed by atoms with Gasteiger partial charge in [0, 0.05) is 18.6 Å². The van der Waals surface area contributed by atoms with Crippen LogP contribution in [0.25, 0.3) is 0 Å². The fraction of sp³-hybridized carbons (Fsp3) is 0.909. The Hall–Kier alpha value is -0.650. The second kappa shape index (κ2) is 4.69. The third kappa shape index (κ3) is 2.53. The Kier molecular flexibility index (Phi) is 3.47. The van der Waals surface area contributed by atoms with E-state index in [1.54, 1.807) is 0 Å². The molecule has 0 aromatic carbocycles. The Morgan fingerprint density at radius 2 is 2.38 bits per heavy atom. The summed E-state index contributed by atoms with van der Waals surface area (Å²) in [5.41, 5.74) is 5.89. The zero-order chi connectivity index (χ0) is 11.6. The second-order valence-corrected chi connectivity index (χ2v) is 4.94. The molecule has 2 rings (SSSR count). The first-order chi connectivity index (χ1) is 7.61. The van der Waals surface area contributed by atoms with Crippen molar-refractivity contribution in [3.8, 4) is 0 Å². The second-order valence-electron chi connectivity index (χ2n) is 4.94. The van der Waals surface area contributed by atoms with Crippen LogP contribution in [0.3, 0.4) is 0 Å². The number of morpholine rings is 1. The number of hydrogen-bond donors (Lipinski definition) is 3. The zero-order valence-corrected chi connectivity index (χ0v) is 9.79. The maximum atomic E-state index is 11.9. The van der Waals surface area contributed by atoms with E-state index in [2.05, 4.69) is 10.6 Å². The van der Waals surface area contributed by atoms with Crippen LogP contribution in [0, 0.1) is 0 Å². The van der Waals surface area contributed by atoms with Crippen molar-refractivity contribution in [2.75, 3.05) is 19.7 Å². The van der Waals surface area contributed by atoms with E-state index in [0.29, 0.717) is 13.2 Å². The fourth-order valence-corrected chi connectivity index (χ4v) is 2.21. The van der Waals surface area contributed by atoms with Crippen LogP contribution in [0.4, 0.5) is 0 Å². The van der Waals surface area contributed by atoms with E-state index in [1.807, 2.05) is 6.92 Å². The maximum absolute atomic E-state index is 11.9. The fourth-order valence-electron chi connectivity index (χ4n) is 2.21. The van der Waals surface area contributed by atoms with Crippen LogP contribution in [-0.2, 0) is 9.53 Å². The Bertz CT molecular complexity index is 266. The smallest absolute Gasteiger partial charge is 0.239 e. The van der Waals surface area contributed by atoms with Gasteiger partial charge in [-0.3, -0.25) is 4.79 Å². The minimum absolute atomic E-state index is 0.00363. The number of carbonyl (C=O) groups is 1. The third-order valence-corrected chi connectivity index (χ3v) is 3.56. The lowest BCUT2D eigenvalue weighted by Crippen LogP contribution is -2.60.